The lowest BCUT2D eigenvalue weighted by atomic mass is 9.79. The molecule has 31 heavy (non-hydrogen) atoms. The Balaban J connectivity index is 1.82. The van der Waals surface area contributed by atoms with Crippen molar-refractivity contribution >= 4 is 23.6 Å². The van der Waals surface area contributed by atoms with Gasteiger partial charge in [0.05, 0.1) is 0 Å². The number of carboxylic acid groups (broad SMARTS) is 1. The van der Waals surface area contributed by atoms with Crippen molar-refractivity contribution in [3.05, 3.63) is 65.1 Å². The minimum absolute atomic E-state index is 0.0725. The highest BCUT2D eigenvalue weighted by Gasteiger charge is 2.37. The van der Waals surface area contributed by atoms with Gasteiger partial charge in [0.2, 0.25) is 0 Å². The zero-order chi connectivity index (χ0) is 22.8. The van der Waals surface area contributed by atoms with E-state index in [1.54, 1.807) is 6.07 Å². The average molecular weight is 429 g/mol. The SMILES string of the molecule is CC(C)(C)C1CC(=C(F)c2cccc(NC(=O)c3ccc(F)cc3)n2)CCN1C(=O)O. The van der Waals surface area contributed by atoms with Crippen LogP contribution in [0.5, 0.6) is 0 Å². The molecule has 1 aromatic carbocycles. The second-order valence-electron chi connectivity index (χ2n) is 8.60. The summed E-state index contributed by atoms with van der Waals surface area (Å²) in [7, 11) is 0. The number of piperidine rings is 1. The number of aromatic nitrogens is 1. The van der Waals surface area contributed by atoms with E-state index in [0.29, 0.717) is 5.57 Å². The Labute approximate surface area is 179 Å². The van der Waals surface area contributed by atoms with Crippen molar-refractivity contribution in [3.63, 3.8) is 0 Å². The fourth-order valence-electron chi connectivity index (χ4n) is 3.66. The highest BCUT2D eigenvalue weighted by Crippen LogP contribution is 2.37. The Morgan fingerprint density at radius 1 is 1.16 bits per heavy atom. The molecule has 1 saturated heterocycles. The molecule has 1 unspecified atom stereocenters. The van der Waals surface area contributed by atoms with E-state index in [1.165, 1.54) is 41.3 Å². The van der Waals surface area contributed by atoms with Crippen LogP contribution >= 0.6 is 0 Å². The third-order valence-electron chi connectivity index (χ3n) is 5.35. The number of hydrogen-bond acceptors (Lipinski definition) is 3. The van der Waals surface area contributed by atoms with Gasteiger partial charge in [0.15, 0.2) is 0 Å². The van der Waals surface area contributed by atoms with Crippen LogP contribution in [0.1, 0.15) is 49.7 Å². The van der Waals surface area contributed by atoms with E-state index in [0.717, 1.165) is 0 Å². The molecule has 2 heterocycles. The van der Waals surface area contributed by atoms with Gasteiger partial charge < -0.3 is 15.3 Å². The Morgan fingerprint density at radius 2 is 1.84 bits per heavy atom. The van der Waals surface area contributed by atoms with Crippen molar-refractivity contribution in [1.29, 1.82) is 0 Å². The van der Waals surface area contributed by atoms with E-state index < -0.39 is 23.6 Å². The van der Waals surface area contributed by atoms with E-state index in [9.17, 15) is 19.1 Å². The second-order valence-corrected chi connectivity index (χ2v) is 8.60. The van der Waals surface area contributed by atoms with Gasteiger partial charge >= 0.3 is 6.09 Å². The topological polar surface area (TPSA) is 82.5 Å². The summed E-state index contributed by atoms with van der Waals surface area (Å²) in [6.45, 7) is 6.00. The number of carbonyl (C=O) groups is 2. The predicted octanol–water partition coefficient (Wildman–Crippen LogP) is 5.34. The summed E-state index contributed by atoms with van der Waals surface area (Å²) in [5.41, 5.74) is 0.472. The molecule has 1 aromatic heterocycles. The molecule has 0 bridgehead atoms. The van der Waals surface area contributed by atoms with Crippen molar-refractivity contribution in [2.24, 2.45) is 5.41 Å². The molecule has 2 aromatic rings. The molecule has 8 heteroatoms. The molecule has 0 spiro atoms. The van der Waals surface area contributed by atoms with Crippen LogP contribution in [0.2, 0.25) is 0 Å². The molecular weight excluding hydrogens is 404 g/mol. The van der Waals surface area contributed by atoms with Gasteiger partial charge in [-0.2, -0.15) is 0 Å². The highest BCUT2D eigenvalue weighted by molar-refractivity contribution is 6.03. The van der Waals surface area contributed by atoms with E-state index >= 15 is 4.39 Å². The number of amides is 2. The lowest BCUT2D eigenvalue weighted by Crippen LogP contribution is -2.50. The first kappa shape index (κ1) is 22.4. The fourth-order valence-corrected chi connectivity index (χ4v) is 3.66. The van der Waals surface area contributed by atoms with Crippen LogP contribution in [0, 0.1) is 11.2 Å². The molecule has 3 rings (SSSR count). The Kier molecular flexibility index (Phi) is 6.38. The number of carbonyl (C=O) groups excluding carboxylic acids is 1. The molecular formula is C23H25F2N3O3. The Bertz CT molecular complexity index is 1010. The van der Waals surface area contributed by atoms with Crippen LogP contribution in [0.15, 0.2) is 48.0 Å². The summed E-state index contributed by atoms with van der Waals surface area (Å²) < 4.78 is 28.3. The summed E-state index contributed by atoms with van der Waals surface area (Å²) in [6.07, 6.45) is -0.461. The normalized spacial score (nSPS) is 18.5. The first-order valence-electron chi connectivity index (χ1n) is 9.97. The minimum atomic E-state index is -1.01. The second kappa shape index (κ2) is 8.83. The molecule has 1 aliphatic rings. The van der Waals surface area contributed by atoms with Gasteiger partial charge in [-0.05, 0) is 60.2 Å². The van der Waals surface area contributed by atoms with E-state index in [1.807, 2.05) is 20.8 Å². The summed E-state index contributed by atoms with van der Waals surface area (Å²) in [5, 5.41) is 12.1. The van der Waals surface area contributed by atoms with Crippen LogP contribution in [0.3, 0.4) is 0 Å². The van der Waals surface area contributed by atoms with Crippen LogP contribution in [-0.2, 0) is 0 Å². The smallest absolute Gasteiger partial charge is 0.407 e. The van der Waals surface area contributed by atoms with Crippen LogP contribution < -0.4 is 5.32 Å². The van der Waals surface area contributed by atoms with Crippen molar-refractivity contribution in [1.82, 2.24) is 9.88 Å². The van der Waals surface area contributed by atoms with Gasteiger partial charge in [0, 0.05) is 18.2 Å². The number of benzene rings is 1. The van der Waals surface area contributed by atoms with Gasteiger partial charge in [-0.25, -0.2) is 18.6 Å². The zero-order valence-corrected chi connectivity index (χ0v) is 17.7. The molecule has 0 aliphatic carbocycles. The van der Waals surface area contributed by atoms with Gasteiger partial charge in [-0.15, -0.1) is 0 Å². The van der Waals surface area contributed by atoms with Crippen molar-refractivity contribution in [2.45, 2.75) is 39.7 Å². The number of rotatable bonds is 3. The summed E-state index contributed by atoms with van der Waals surface area (Å²) in [6, 6.07) is 9.31. The van der Waals surface area contributed by atoms with Crippen LogP contribution in [-0.4, -0.2) is 39.6 Å². The molecule has 0 radical (unpaired) electrons. The quantitative estimate of drug-likeness (QED) is 0.690. The number of halogens is 2. The maximum atomic E-state index is 15.3. The maximum Gasteiger partial charge on any atom is 0.407 e. The van der Waals surface area contributed by atoms with Crippen molar-refractivity contribution in [2.75, 3.05) is 11.9 Å². The molecule has 1 fully saturated rings. The lowest BCUT2D eigenvalue weighted by Gasteiger charge is -2.42. The molecule has 0 saturated carbocycles. The van der Waals surface area contributed by atoms with Crippen LogP contribution in [0.4, 0.5) is 19.4 Å². The lowest BCUT2D eigenvalue weighted by molar-refractivity contribution is 0.0719. The molecule has 2 amide bonds. The molecule has 1 aliphatic heterocycles. The number of anilines is 1. The first-order chi connectivity index (χ1) is 14.6. The molecule has 164 valence electrons. The van der Waals surface area contributed by atoms with Gasteiger partial charge in [-0.3, -0.25) is 4.79 Å². The van der Waals surface area contributed by atoms with Gasteiger partial charge in [0.1, 0.15) is 23.2 Å². The highest BCUT2D eigenvalue weighted by atomic mass is 19.1. The largest absolute Gasteiger partial charge is 0.465 e. The fraction of sp³-hybridized carbons (Fsp3) is 0.348. The molecule has 1 atom stereocenters. The van der Waals surface area contributed by atoms with E-state index in [4.69, 9.17) is 0 Å². The van der Waals surface area contributed by atoms with Gasteiger partial charge in [0.25, 0.3) is 5.91 Å². The van der Waals surface area contributed by atoms with Gasteiger partial charge in [-0.1, -0.05) is 26.8 Å². The zero-order valence-electron chi connectivity index (χ0n) is 17.7. The number of nitrogens with one attached hydrogen (secondary N) is 1. The predicted molar refractivity (Wildman–Crippen MR) is 114 cm³/mol. The first-order valence-corrected chi connectivity index (χ1v) is 9.97. The monoisotopic (exact) mass is 429 g/mol. The number of likely N-dealkylation sites (tertiary alicyclic amines) is 1. The van der Waals surface area contributed by atoms with Crippen molar-refractivity contribution < 1.29 is 23.5 Å². The van der Waals surface area contributed by atoms with E-state index in [-0.39, 0.29) is 47.9 Å². The third-order valence-corrected chi connectivity index (χ3v) is 5.35. The number of pyridine rings is 1. The Hall–Kier alpha value is -3.29. The Morgan fingerprint density at radius 3 is 2.45 bits per heavy atom. The summed E-state index contributed by atoms with van der Waals surface area (Å²) in [4.78, 5) is 29.5. The minimum Gasteiger partial charge on any atom is -0.465 e. The maximum absolute atomic E-state index is 15.3. The van der Waals surface area contributed by atoms with E-state index in [2.05, 4.69) is 10.3 Å². The average Bonchev–Trinajstić information content (AvgIpc) is 2.72. The number of nitrogens with zero attached hydrogens (tertiary/aromatic N) is 2. The van der Waals surface area contributed by atoms with Crippen LogP contribution in [0.25, 0.3) is 5.83 Å². The summed E-state index contributed by atoms with van der Waals surface area (Å²) in [5.74, 6) is -1.27. The standard InChI is InChI=1S/C23H25F2N3O3/c1-23(2,3)18-13-15(11-12-28(18)22(30)31)20(25)17-5-4-6-19(26-17)27-21(29)14-7-9-16(24)10-8-14/h4-10,18H,11-13H2,1-3H3,(H,30,31)(H,26,27,29). The molecule has 6 nitrogen and oxygen atoms in total. The third kappa shape index (κ3) is 5.25. The summed E-state index contributed by atoms with van der Waals surface area (Å²) >= 11 is 0. The van der Waals surface area contributed by atoms with Crippen molar-refractivity contribution in [3.8, 4) is 0 Å². The molecule has 2 N–H and O–H groups in total. The number of hydrogen-bond donors (Lipinski definition) is 2.